The van der Waals surface area contributed by atoms with Gasteiger partial charge in [0.25, 0.3) is 0 Å². The Balaban J connectivity index is 2.23. The van der Waals surface area contributed by atoms with Crippen LogP contribution < -0.4 is 0 Å². The molecule has 7 heteroatoms. The molecular formula is C14H18ClNO4S. The highest BCUT2D eigenvalue weighted by molar-refractivity contribution is 7.98. The predicted molar refractivity (Wildman–Crippen MR) is 80.8 cm³/mol. The average Bonchev–Trinajstić information content (AvgIpc) is 2.71. The Morgan fingerprint density at radius 3 is 2.76 bits per heavy atom. The number of thioether (sulfide) groups is 1. The van der Waals surface area contributed by atoms with Crippen LogP contribution in [0.2, 0.25) is 0 Å². The highest BCUT2D eigenvalue weighted by atomic mass is 35.5. The topological polar surface area (TPSA) is 63.7 Å². The lowest BCUT2D eigenvalue weighted by Gasteiger charge is -2.24. The van der Waals surface area contributed by atoms with Crippen molar-refractivity contribution in [1.82, 2.24) is 4.90 Å². The number of allylic oxidation sites excluding steroid dienone is 2. The lowest BCUT2D eigenvalue weighted by molar-refractivity contribution is -0.157. The molecule has 0 N–H and O–H groups in total. The second-order valence-corrected chi connectivity index (χ2v) is 6.64. The molecule has 3 atom stereocenters. The van der Waals surface area contributed by atoms with Crippen molar-refractivity contribution in [3.05, 3.63) is 11.1 Å². The fourth-order valence-electron chi connectivity index (χ4n) is 2.88. The summed E-state index contributed by atoms with van der Waals surface area (Å²) in [6.07, 6.45) is 4.94. The molecule has 116 valence electrons. The Morgan fingerprint density at radius 2 is 2.14 bits per heavy atom. The van der Waals surface area contributed by atoms with E-state index in [-0.39, 0.29) is 17.7 Å². The van der Waals surface area contributed by atoms with Gasteiger partial charge in [-0.1, -0.05) is 17.7 Å². The minimum Gasteiger partial charge on any atom is -0.467 e. The first-order chi connectivity index (χ1) is 10.0. The molecule has 1 aliphatic heterocycles. The van der Waals surface area contributed by atoms with E-state index in [9.17, 15) is 14.4 Å². The zero-order valence-electron chi connectivity index (χ0n) is 12.0. The molecule has 3 unspecified atom stereocenters. The molecule has 0 spiro atoms. The van der Waals surface area contributed by atoms with E-state index in [4.69, 9.17) is 16.3 Å². The smallest absolute Gasteiger partial charge is 0.329 e. The van der Waals surface area contributed by atoms with Gasteiger partial charge in [-0.3, -0.25) is 14.5 Å². The van der Waals surface area contributed by atoms with E-state index >= 15 is 0 Å². The third kappa shape index (κ3) is 3.11. The van der Waals surface area contributed by atoms with Gasteiger partial charge >= 0.3 is 5.97 Å². The van der Waals surface area contributed by atoms with Gasteiger partial charge in [0, 0.05) is 5.03 Å². The number of imide groups is 1. The number of amides is 2. The Kier molecular flexibility index (Phi) is 5.32. The molecule has 1 saturated heterocycles. The minimum absolute atomic E-state index is 0.276. The second-order valence-electron chi connectivity index (χ2n) is 5.17. The lowest BCUT2D eigenvalue weighted by atomic mass is 9.85. The maximum atomic E-state index is 12.5. The third-order valence-corrected chi connectivity index (χ3v) is 4.94. The number of halogens is 1. The number of nitrogens with zero attached hydrogens (tertiary/aromatic N) is 1. The minimum atomic E-state index is -0.827. The molecule has 0 aromatic rings. The number of methoxy groups -OCH3 is 1. The number of rotatable bonds is 5. The summed E-state index contributed by atoms with van der Waals surface area (Å²) < 4.78 is 4.76. The number of hydrogen-bond acceptors (Lipinski definition) is 5. The molecular weight excluding hydrogens is 314 g/mol. The van der Waals surface area contributed by atoms with Crippen LogP contribution in [0.1, 0.15) is 19.3 Å². The molecule has 0 aromatic carbocycles. The molecule has 2 rings (SSSR count). The van der Waals surface area contributed by atoms with Crippen molar-refractivity contribution in [2.24, 2.45) is 11.8 Å². The van der Waals surface area contributed by atoms with E-state index in [1.54, 1.807) is 17.8 Å². The molecule has 21 heavy (non-hydrogen) atoms. The Labute approximate surface area is 133 Å². The summed E-state index contributed by atoms with van der Waals surface area (Å²) in [4.78, 5) is 38.1. The van der Waals surface area contributed by atoms with E-state index in [0.717, 1.165) is 4.90 Å². The summed E-state index contributed by atoms with van der Waals surface area (Å²) >= 11 is 7.54. The molecule has 0 radical (unpaired) electrons. The summed E-state index contributed by atoms with van der Waals surface area (Å²) in [7, 11) is 1.27. The van der Waals surface area contributed by atoms with Crippen LogP contribution in [0.5, 0.6) is 0 Å². The number of esters is 1. The zero-order valence-corrected chi connectivity index (χ0v) is 13.6. The first kappa shape index (κ1) is 16.4. The van der Waals surface area contributed by atoms with Gasteiger partial charge in [0.2, 0.25) is 11.8 Å². The molecule has 2 aliphatic rings. The van der Waals surface area contributed by atoms with Gasteiger partial charge in [-0.25, -0.2) is 4.79 Å². The molecule has 0 aromatic heterocycles. The van der Waals surface area contributed by atoms with Crippen LogP contribution in [-0.2, 0) is 19.1 Å². The Morgan fingerprint density at radius 1 is 1.48 bits per heavy atom. The zero-order chi connectivity index (χ0) is 15.6. The predicted octanol–water partition coefficient (Wildman–Crippen LogP) is 1.80. The maximum absolute atomic E-state index is 12.5. The highest BCUT2D eigenvalue weighted by Crippen LogP contribution is 2.40. The van der Waals surface area contributed by atoms with Crippen LogP contribution >= 0.6 is 23.4 Å². The number of carbonyl (C=O) groups is 3. The standard InChI is InChI=1S/C14H18ClNO4S/c1-20-14(19)11(5-6-21-2)16-12(17)9-4-3-8(15)7-10(9)13(16)18/h3,9-11H,4-7H2,1-2H3. The SMILES string of the molecule is COC(=O)C(CCSC)N1C(=O)C2CC=C(Cl)CC2C1=O. The van der Waals surface area contributed by atoms with Crippen LogP contribution in [0, 0.1) is 11.8 Å². The summed E-state index contributed by atoms with van der Waals surface area (Å²) in [5, 5.41) is 0.609. The summed E-state index contributed by atoms with van der Waals surface area (Å²) in [6, 6.07) is -0.827. The first-order valence-corrected chi connectivity index (χ1v) is 8.56. The monoisotopic (exact) mass is 331 g/mol. The van der Waals surface area contributed by atoms with Gasteiger partial charge in [-0.15, -0.1) is 0 Å². The van der Waals surface area contributed by atoms with E-state index < -0.39 is 17.9 Å². The van der Waals surface area contributed by atoms with Crippen molar-refractivity contribution in [3.8, 4) is 0 Å². The fraction of sp³-hybridized carbons (Fsp3) is 0.643. The number of hydrogen-bond donors (Lipinski definition) is 0. The Hall–Kier alpha value is -1.01. The number of likely N-dealkylation sites (tertiary alicyclic amines) is 1. The number of fused-ring (bicyclic) bond motifs is 1. The fourth-order valence-corrected chi connectivity index (χ4v) is 3.59. The lowest BCUT2D eigenvalue weighted by Crippen LogP contribution is -2.46. The van der Waals surface area contributed by atoms with E-state index in [0.29, 0.717) is 30.0 Å². The molecule has 5 nitrogen and oxygen atoms in total. The first-order valence-electron chi connectivity index (χ1n) is 6.79. The van der Waals surface area contributed by atoms with Crippen molar-refractivity contribution in [1.29, 1.82) is 0 Å². The molecule has 0 bridgehead atoms. The van der Waals surface area contributed by atoms with Crippen molar-refractivity contribution >= 4 is 41.1 Å². The van der Waals surface area contributed by atoms with Crippen LogP contribution in [0.4, 0.5) is 0 Å². The maximum Gasteiger partial charge on any atom is 0.329 e. The van der Waals surface area contributed by atoms with E-state index in [1.807, 2.05) is 6.26 Å². The van der Waals surface area contributed by atoms with Crippen LogP contribution in [0.25, 0.3) is 0 Å². The molecule has 1 aliphatic carbocycles. The summed E-state index contributed by atoms with van der Waals surface area (Å²) in [5.41, 5.74) is 0. The summed E-state index contributed by atoms with van der Waals surface area (Å²) in [5.74, 6) is -1.26. The van der Waals surface area contributed by atoms with Gasteiger partial charge in [0.1, 0.15) is 6.04 Å². The third-order valence-electron chi connectivity index (χ3n) is 3.98. The van der Waals surface area contributed by atoms with E-state index in [1.165, 1.54) is 7.11 Å². The highest BCUT2D eigenvalue weighted by Gasteiger charge is 2.52. The van der Waals surface area contributed by atoms with Crippen molar-refractivity contribution in [2.75, 3.05) is 19.1 Å². The Bertz CT molecular complexity index is 493. The second kappa shape index (κ2) is 6.83. The summed E-state index contributed by atoms with van der Waals surface area (Å²) in [6.45, 7) is 0. The number of ether oxygens (including phenoxy) is 1. The quantitative estimate of drug-likeness (QED) is 0.568. The van der Waals surface area contributed by atoms with Crippen molar-refractivity contribution in [3.63, 3.8) is 0 Å². The van der Waals surface area contributed by atoms with Gasteiger partial charge in [0.15, 0.2) is 0 Å². The average molecular weight is 332 g/mol. The molecule has 0 saturated carbocycles. The van der Waals surface area contributed by atoms with Crippen molar-refractivity contribution in [2.45, 2.75) is 25.3 Å². The van der Waals surface area contributed by atoms with Gasteiger partial charge in [0.05, 0.1) is 18.9 Å². The van der Waals surface area contributed by atoms with Crippen LogP contribution in [-0.4, -0.2) is 47.8 Å². The van der Waals surface area contributed by atoms with Gasteiger partial charge in [-0.2, -0.15) is 11.8 Å². The molecule has 1 fully saturated rings. The van der Waals surface area contributed by atoms with E-state index in [2.05, 4.69) is 0 Å². The molecule has 1 heterocycles. The normalized spacial score (nSPS) is 26.4. The van der Waals surface area contributed by atoms with Crippen LogP contribution in [0.15, 0.2) is 11.1 Å². The van der Waals surface area contributed by atoms with Crippen LogP contribution in [0.3, 0.4) is 0 Å². The van der Waals surface area contributed by atoms with Crippen molar-refractivity contribution < 1.29 is 19.1 Å². The largest absolute Gasteiger partial charge is 0.467 e. The molecule has 2 amide bonds. The van der Waals surface area contributed by atoms with Gasteiger partial charge < -0.3 is 4.74 Å². The number of carbonyl (C=O) groups excluding carboxylic acids is 3. The van der Waals surface area contributed by atoms with Gasteiger partial charge in [-0.05, 0) is 31.3 Å².